The van der Waals surface area contributed by atoms with Crippen LogP contribution in [-0.2, 0) is 0 Å². The molecule has 4 heteroatoms. The zero-order chi connectivity index (χ0) is 7.40. The van der Waals surface area contributed by atoms with Crippen molar-refractivity contribution in [2.75, 3.05) is 0 Å². The molecule has 0 saturated heterocycles. The van der Waals surface area contributed by atoms with E-state index < -0.39 is 0 Å². The number of rotatable bonds is 1. The Hall–Kier alpha value is -1.09. The summed E-state index contributed by atoms with van der Waals surface area (Å²) < 4.78 is 0. The highest BCUT2D eigenvalue weighted by Crippen LogP contribution is 2.02. The summed E-state index contributed by atoms with van der Waals surface area (Å²) in [6.07, 6.45) is 4.52. The second kappa shape index (κ2) is 3.17. The molecule has 10 heavy (non-hydrogen) atoms. The molecule has 0 radical (unpaired) electrons. The highest BCUT2D eigenvalue weighted by Gasteiger charge is 1.89. The van der Waals surface area contributed by atoms with Crippen molar-refractivity contribution in [1.29, 1.82) is 0 Å². The average molecular weight is 156 g/mol. The molecule has 0 amide bonds. The van der Waals surface area contributed by atoms with E-state index in [-0.39, 0.29) is 0 Å². The first kappa shape index (κ1) is 7.02. The average Bonchev–Trinajstić information content (AvgIpc) is 1.88. The lowest BCUT2D eigenvalue weighted by Crippen LogP contribution is -1.87. The van der Waals surface area contributed by atoms with Crippen molar-refractivity contribution in [3.05, 3.63) is 29.4 Å². The molecule has 52 valence electrons. The maximum atomic E-state index is 5.55. The maximum Gasteiger partial charge on any atom is 0.154 e. The summed E-state index contributed by atoms with van der Waals surface area (Å²) >= 11 is 5.55. The molecule has 1 aromatic heterocycles. The van der Waals surface area contributed by atoms with Gasteiger partial charge in [-0.15, -0.1) is 0 Å². The monoisotopic (exact) mass is 155 g/mol. The molecular formula is C6H6ClN3. The van der Waals surface area contributed by atoms with Gasteiger partial charge in [-0.05, 0) is 18.3 Å². The van der Waals surface area contributed by atoms with Crippen LogP contribution in [-0.4, -0.2) is 9.97 Å². The Morgan fingerprint density at radius 2 is 2.40 bits per heavy atom. The number of halogens is 1. The Morgan fingerprint density at radius 1 is 1.60 bits per heavy atom. The lowest BCUT2D eigenvalue weighted by molar-refractivity contribution is 1.13. The molecule has 0 aliphatic rings. The first-order chi connectivity index (χ1) is 4.83. The summed E-state index contributed by atoms with van der Waals surface area (Å²) in [7, 11) is 0. The Balaban J connectivity index is 2.95. The number of aromatic nitrogens is 2. The zero-order valence-corrected chi connectivity index (χ0v) is 5.92. The van der Waals surface area contributed by atoms with Crippen LogP contribution in [0.3, 0.4) is 0 Å². The van der Waals surface area contributed by atoms with Crippen molar-refractivity contribution in [2.45, 2.75) is 0 Å². The summed E-state index contributed by atoms with van der Waals surface area (Å²) in [5.74, 6) is 0.523. The van der Waals surface area contributed by atoms with Gasteiger partial charge in [-0.1, -0.05) is 11.6 Å². The van der Waals surface area contributed by atoms with Crippen LogP contribution in [0.5, 0.6) is 0 Å². The van der Waals surface area contributed by atoms with Crippen molar-refractivity contribution in [2.24, 2.45) is 5.73 Å². The lowest BCUT2D eigenvalue weighted by atomic mass is 10.5. The first-order valence-corrected chi connectivity index (χ1v) is 3.07. The fraction of sp³-hybridized carbons (Fsp3) is 0. The smallest absolute Gasteiger partial charge is 0.154 e. The minimum Gasteiger partial charge on any atom is -0.404 e. The normalized spacial score (nSPS) is 10.5. The molecule has 0 bridgehead atoms. The van der Waals surface area contributed by atoms with Crippen LogP contribution in [0.15, 0.2) is 18.5 Å². The predicted molar refractivity (Wildman–Crippen MR) is 40.3 cm³/mol. The van der Waals surface area contributed by atoms with E-state index in [1.807, 2.05) is 0 Å². The van der Waals surface area contributed by atoms with E-state index >= 15 is 0 Å². The molecule has 0 aliphatic heterocycles. The second-order valence-electron chi connectivity index (χ2n) is 1.60. The van der Waals surface area contributed by atoms with Crippen molar-refractivity contribution in [1.82, 2.24) is 9.97 Å². The van der Waals surface area contributed by atoms with Gasteiger partial charge in [0.1, 0.15) is 5.15 Å². The fourth-order valence-electron chi connectivity index (χ4n) is 0.517. The van der Waals surface area contributed by atoms with Crippen molar-refractivity contribution < 1.29 is 0 Å². The van der Waals surface area contributed by atoms with E-state index in [0.717, 1.165) is 0 Å². The molecule has 1 heterocycles. The molecule has 0 spiro atoms. The third-order valence-corrected chi connectivity index (χ3v) is 1.10. The molecule has 0 saturated carbocycles. The van der Waals surface area contributed by atoms with Crippen LogP contribution in [0, 0.1) is 0 Å². The Bertz CT molecular complexity index is 247. The molecular weight excluding hydrogens is 150 g/mol. The van der Waals surface area contributed by atoms with Crippen LogP contribution in [0.1, 0.15) is 5.82 Å². The van der Waals surface area contributed by atoms with Crippen molar-refractivity contribution >= 4 is 17.7 Å². The number of hydrogen-bond donors (Lipinski definition) is 1. The molecule has 0 fully saturated rings. The van der Waals surface area contributed by atoms with E-state index in [0.29, 0.717) is 11.0 Å². The summed E-state index contributed by atoms with van der Waals surface area (Å²) in [5, 5.41) is 0.420. The van der Waals surface area contributed by atoms with Crippen LogP contribution < -0.4 is 5.73 Å². The van der Waals surface area contributed by atoms with Gasteiger partial charge in [0.2, 0.25) is 0 Å². The van der Waals surface area contributed by atoms with E-state index in [4.69, 9.17) is 17.3 Å². The summed E-state index contributed by atoms with van der Waals surface area (Å²) in [4.78, 5) is 7.72. The first-order valence-electron chi connectivity index (χ1n) is 2.70. The van der Waals surface area contributed by atoms with Crippen LogP contribution in [0.25, 0.3) is 6.08 Å². The SMILES string of the molecule is NC=Cc1nccc(Cl)n1. The van der Waals surface area contributed by atoms with Gasteiger partial charge in [-0.3, -0.25) is 0 Å². The highest BCUT2D eigenvalue weighted by molar-refractivity contribution is 6.29. The van der Waals surface area contributed by atoms with Crippen molar-refractivity contribution in [3.8, 4) is 0 Å². The predicted octanol–water partition coefficient (Wildman–Crippen LogP) is 1.06. The largest absolute Gasteiger partial charge is 0.404 e. The number of hydrogen-bond acceptors (Lipinski definition) is 3. The van der Waals surface area contributed by atoms with E-state index in [1.54, 1.807) is 18.3 Å². The highest BCUT2D eigenvalue weighted by atomic mass is 35.5. The van der Waals surface area contributed by atoms with E-state index in [2.05, 4.69) is 9.97 Å². The number of nitrogens with two attached hydrogens (primary N) is 1. The third kappa shape index (κ3) is 1.70. The van der Waals surface area contributed by atoms with Gasteiger partial charge in [0.15, 0.2) is 5.82 Å². The summed E-state index contributed by atoms with van der Waals surface area (Å²) in [6.45, 7) is 0. The van der Waals surface area contributed by atoms with Crippen molar-refractivity contribution in [3.63, 3.8) is 0 Å². The quantitative estimate of drug-likeness (QED) is 0.617. The summed E-state index contributed by atoms with van der Waals surface area (Å²) in [6, 6.07) is 1.61. The molecule has 0 aliphatic carbocycles. The molecule has 2 N–H and O–H groups in total. The van der Waals surface area contributed by atoms with Crippen LogP contribution >= 0.6 is 11.6 Å². The van der Waals surface area contributed by atoms with Crippen LogP contribution in [0.4, 0.5) is 0 Å². The molecule has 1 aromatic rings. The van der Waals surface area contributed by atoms with Crippen LogP contribution in [0.2, 0.25) is 5.15 Å². The van der Waals surface area contributed by atoms with E-state index in [1.165, 1.54) is 6.20 Å². The number of nitrogens with zero attached hydrogens (tertiary/aromatic N) is 2. The van der Waals surface area contributed by atoms with Gasteiger partial charge in [0, 0.05) is 6.20 Å². The third-order valence-electron chi connectivity index (χ3n) is 0.886. The minimum absolute atomic E-state index is 0.420. The minimum atomic E-state index is 0.420. The van der Waals surface area contributed by atoms with Gasteiger partial charge >= 0.3 is 0 Å². The summed E-state index contributed by atoms with van der Waals surface area (Å²) in [5.41, 5.74) is 5.11. The maximum absolute atomic E-state index is 5.55. The van der Waals surface area contributed by atoms with Gasteiger partial charge in [-0.25, -0.2) is 9.97 Å². The topological polar surface area (TPSA) is 51.8 Å². The molecule has 0 aromatic carbocycles. The molecule has 3 nitrogen and oxygen atoms in total. The fourth-order valence-corrected chi connectivity index (χ4v) is 0.660. The molecule has 1 rings (SSSR count). The standard InChI is InChI=1S/C6H6ClN3/c7-5-2-4-9-6(10-5)1-3-8/h1-4H,8H2. The Kier molecular flexibility index (Phi) is 2.23. The van der Waals surface area contributed by atoms with Gasteiger partial charge < -0.3 is 5.73 Å². The molecule has 0 unspecified atom stereocenters. The van der Waals surface area contributed by atoms with E-state index in [9.17, 15) is 0 Å². The zero-order valence-electron chi connectivity index (χ0n) is 5.16. The second-order valence-corrected chi connectivity index (χ2v) is 1.98. The molecule has 0 atom stereocenters. The Labute approximate surface area is 63.6 Å². The van der Waals surface area contributed by atoms with Gasteiger partial charge in [-0.2, -0.15) is 0 Å². The van der Waals surface area contributed by atoms with Gasteiger partial charge in [0.05, 0.1) is 0 Å². The lowest BCUT2D eigenvalue weighted by Gasteiger charge is -1.89. The Morgan fingerprint density at radius 3 is 3.00 bits per heavy atom. The van der Waals surface area contributed by atoms with Gasteiger partial charge in [0.25, 0.3) is 0 Å².